The zero-order valence-corrected chi connectivity index (χ0v) is 18.1. The van der Waals surface area contributed by atoms with E-state index in [4.69, 9.17) is 10.8 Å². The van der Waals surface area contributed by atoms with Crippen molar-refractivity contribution in [2.24, 2.45) is 17.6 Å². The van der Waals surface area contributed by atoms with E-state index in [1.54, 1.807) is 0 Å². The molecule has 172 valence electrons. The van der Waals surface area contributed by atoms with Crippen LogP contribution in [-0.2, 0) is 24.0 Å². The molecule has 0 radical (unpaired) electrons. The van der Waals surface area contributed by atoms with Crippen molar-refractivity contribution in [3.05, 3.63) is 0 Å². The van der Waals surface area contributed by atoms with Crippen molar-refractivity contribution >= 4 is 29.7 Å². The molecule has 4 atom stereocenters. The lowest BCUT2D eigenvalue weighted by Crippen LogP contribution is -2.56. The minimum atomic E-state index is -1.32. The number of carbonyl (C=O) groups is 5. The fourth-order valence-electron chi connectivity index (χ4n) is 2.63. The summed E-state index contributed by atoms with van der Waals surface area (Å²) < 4.78 is 0. The summed E-state index contributed by atoms with van der Waals surface area (Å²) in [5.41, 5.74) is 5.53. The first-order chi connectivity index (χ1) is 13.7. The molecule has 0 aromatic rings. The molecule has 7 N–H and O–H groups in total. The van der Waals surface area contributed by atoms with Crippen LogP contribution in [0.2, 0.25) is 0 Å². The highest BCUT2D eigenvalue weighted by atomic mass is 16.4. The Morgan fingerprint density at radius 3 is 1.63 bits per heavy atom. The summed E-state index contributed by atoms with van der Waals surface area (Å²) in [6, 6.07) is -4.49. The maximum Gasteiger partial charge on any atom is 0.326 e. The van der Waals surface area contributed by atoms with Gasteiger partial charge in [0.2, 0.25) is 17.7 Å². The number of aliphatic carboxylic acids is 2. The summed E-state index contributed by atoms with van der Waals surface area (Å²) in [6.45, 7) is 8.68. The summed E-state index contributed by atoms with van der Waals surface area (Å²) >= 11 is 0. The zero-order valence-electron chi connectivity index (χ0n) is 18.1. The molecule has 0 aromatic carbocycles. The van der Waals surface area contributed by atoms with Gasteiger partial charge in [0.05, 0.1) is 12.5 Å². The molecule has 0 aliphatic rings. The van der Waals surface area contributed by atoms with Gasteiger partial charge >= 0.3 is 11.9 Å². The average molecular weight is 431 g/mol. The first-order valence-electron chi connectivity index (χ1n) is 9.85. The molecule has 0 aliphatic carbocycles. The normalized spacial score (nSPS) is 15.1. The third-order valence-electron chi connectivity index (χ3n) is 4.15. The van der Waals surface area contributed by atoms with Crippen LogP contribution in [0.5, 0.6) is 0 Å². The second kappa shape index (κ2) is 12.8. The maximum absolute atomic E-state index is 12.6. The van der Waals surface area contributed by atoms with Crippen molar-refractivity contribution in [1.82, 2.24) is 16.0 Å². The van der Waals surface area contributed by atoms with Crippen molar-refractivity contribution in [3.8, 4) is 0 Å². The SMILES string of the molecule is CC(C)CC(NC(=O)C(C)NC(=O)C(CC(C)C)NC(=O)C(N)CC(=O)O)C(=O)O. The van der Waals surface area contributed by atoms with Crippen LogP contribution in [0.25, 0.3) is 0 Å². The third-order valence-corrected chi connectivity index (χ3v) is 4.15. The van der Waals surface area contributed by atoms with Crippen molar-refractivity contribution < 1.29 is 34.2 Å². The Morgan fingerprint density at radius 2 is 1.20 bits per heavy atom. The van der Waals surface area contributed by atoms with Gasteiger partial charge in [0.15, 0.2) is 0 Å². The molecular weight excluding hydrogens is 396 g/mol. The van der Waals surface area contributed by atoms with E-state index in [-0.39, 0.29) is 24.7 Å². The van der Waals surface area contributed by atoms with Gasteiger partial charge in [0.1, 0.15) is 18.1 Å². The second-order valence-electron chi connectivity index (χ2n) is 8.15. The minimum Gasteiger partial charge on any atom is -0.481 e. The predicted molar refractivity (Wildman–Crippen MR) is 108 cm³/mol. The molecule has 0 saturated carbocycles. The Kier molecular flexibility index (Phi) is 11.6. The summed E-state index contributed by atoms with van der Waals surface area (Å²) in [4.78, 5) is 59.0. The number of hydrogen-bond acceptors (Lipinski definition) is 6. The van der Waals surface area contributed by atoms with Gasteiger partial charge in [-0.3, -0.25) is 19.2 Å². The Bertz CT molecular complexity index is 636. The van der Waals surface area contributed by atoms with Gasteiger partial charge < -0.3 is 31.9 Å². The molecule has 0 aromatic heterocycles. The summed E-state index contributed by atoms with van der Waals surface area (Å²) in [7, 11) is 0. The first-order valence-corrected chi connectivity index (χ1v) is 9.85. The van der Waals surface area contributed by atoms with Crippen molar-refractivity contribution in [2.75, 3.05) is 0 Å². The molecule has 0 rings (SSSR count). The van der Waals surface area contributed by atoms with Crippen molar-refractivity contribution in [2.45, 2.75) is 78.0 Å². The molecule has 11 heteroatoms. The smallest absolute Gasteiger partial charge is 0.326 e. The molecule has 0 saturated heterocycles. The summed E-state index contributed by atoms with van der Waals surface area (Å²) in [5.74, 6) is -4.50. The van der Waals surface area contributed by atoms with Gasteiger partial charge in [0, 0.05) is 0 Å². The zero-order chi connectivity index (χ0) is 23.6. The van der Waals surface area contributed by atoms with Crippen LogP contribution in [0.4, 0.5) is 0 Å². The van der Waals surface area contributed by atoms with Crippen LogP contribution in [-0.4, -0.2) is 64.0 Å². The van der Waals surface area contributed by atoms with Crippen molar-refractivity contribution in [1.29, 1.82) is 0 Å². The average Bonchev–Trinajstić information content (AvgIpc) is 2.58. The van der Waals surface area contributed by atoms with E-state index < -0.39 is 60.2 Å². The van der Waals surface area contributed by atoms with Gasteiger partial charge in [-0.05, 0) is 31.6 Å². The topological polar surface area (TPSA) is 188 Å². The predicted octanol–water partition coefficient (Wildman–Crippen LogP) is -0.560. The lowest BCUT2D eigenvalue weighted by molar-refractivity contribution is -0.142. The van der Waals surface area contributed by atoms with Crippen LogP contribution < -0.4 is 21.7 Å². The van der Waals surface area contributed by atoms with E-state index in [1.165, 1.54) is 6.92 Å². The highest BCUT2D eigenvalue weighted by Gasteiger charge is 2.29. The Morgan fingerprint density at radius 1 is 0.733 bits per heavy atom. The minimum absolute atomic E-state index is 0.00307. The number of nitrogens with two attached hydrogens (primary N) is 1. The molecule has 0 aliphatic heterocycles. The summed E-state index contributed by atoms with van der Waals surface area (Å²) in [6.07, 6.45) is -0.126. The van der Waals surface area contributed by atoms with Crippen LogP contribution in [0.15, 0.2) is 0 Å². The van der Waals surface area contributed by atoms with Crippen LogP contribution in [0.3, 0.4) is 0 Å². The standard InChI is InChI=1S/C19H34N4O7/c1-9(2)6-13(22-17(27)12(20)8-15(24)25)18(28)21-11(5)16(26)23-14(19(29)30)7-10(3)4/h9-14H,6-8,20H2,1-5H3,(H,21,28)(H,22,27)(H,23,26)(H,24,25)(H,29,30). The fourth-order valence-corrected chi connectivity index (χ4v) is 2.63. The quantitative estimate of drug-likeness (QED) is 0.224. The number of amides is 3. The van der Waals surface area contributed by atoms with Crippen molar-refractivity contribution in [3.63, 3.8) is 0 Å². The number of carboxylic acids is 2. The molecule has 0 bridgehead atoms. The Labute approximate surface area is 176 Å². The molecule has 30 heavy (non-hydrogen) atoms. The van der Waals surface area contributed by atoms with E-state index >= 15 is 0 Å². The third kappa shape index (κ3) is 10.7. The fraction of sp³-hybridized carbons (Fsp3) is 0.737. The maximum atomic E-state index is 12.6. The van der Waals surface area contributed by atoms with Gasteiger partial charge in [-0.25, -0.2) is 4.79 Å². The van der Waals surface area contributed by atoms with E-state index in [2.05, 4.69) is 16.0 Å². The summed E-state index contributed by atoms with van der Waals surface area (Å²) in [5, 5.41) is 25.2. The van der Waals surface area contributed by atoms with E-state index in [1.807, 2.05) is 27.7 Å². The monoisotopic (exact) mass is 430 g/mol. The van der Waals surface area contributed by atoms with Gasteiger partial charge in [-0.1, -0.05) is 27.7 Å². The molecule has 4 unspecified atom stereocenters. The lowest BCUT2D eigenvalue weighted by atomic mass is 10.0. The van der Waals surface area contributed by atoms with Gasteiger partial charge in [0.25, 0.3) is 0 Å². The van der Waals surface area contributed by atoms with Gasteiger partial charge in [-0.15, -0.1) is 0 Å². The molecule has 0 spiro atoms. The van der Waals surface area contributed by atoms with Crippen LogP contribution >= 0.6 is 0 Å². The highest BCUT2D eigenvalue weighted by molar-refractivity contribution is 5.94. The van der Waals surface area contributed by atoms with Gasteiger partial charge in [-0.2, -0.15) is 0 Å². The molecule has 11 nitrogen and oxygen atoms in total. The number of rotatable bonds is 13. The molecular formula is C19H34N4O7. The second-order valence-corrected chi connectivity index (χ2v) is 8.15. The number of hydrogen-bond donors (Lipinski definition) is 6. The highest BCUT2D eigenvalue weighted by Crippen LogP contribution is 2.07. The Hall–Kier alpha value is -2.69. The van der Waals surface area contributed by atoms with Crippen LogP contribution in [0, 0.1) is 11.8 Å². The number of nitrogens with one attached hydrogen (secondary N) is 3. The molecule has 0 fully saturated rings. The van der Waals surface area contributed by atoms with E-state index in [0.29, 0.717) is 0 Å². The first kappa shape index (κ1) is 27.3. The number of carbonyl (C=O) groups excluding carboxylic acids is 3. The lowest BCUT2D eigenvalue weighted by Gasteiger charge is -2.24. The van der Waals surface area contributed by atoms with Crippen LogP contribution in [0.1, 0.15) is 53.9 Å². The number of carboxylic acid groups (broad SMARTS) is 2. The Balaban J connectivity index is 5.07. The largest absolute Gasteiger partial charge is 0.481 e. The van der Waals surface area contributed by atoms with E-state index in [0.717, 1.165) is 0 Å². The molecule has 3 amide bonds. The molecule has 0 heterocycles. The van der Waals surface area contributed by atoms with E-state index in [9.17, 15) is 29.1 Å².